The highest BCUT2D eigenvalue weighted by Crippen LogP contribution is 2.26. The Morgan fingerprint density at radius 1 is 1.17 bits per heavy atom. The molecular weight excluding hydrogens is 231 g/mol. The molecule has 0 radical (unpaired) electrons. The molecule has 0 aliphatic carbocycles. The van der Waals surface area contributed by atoms with Crippen molar-refractivity contribution >= 4 is 10.8 Å². The van der Waals surface area contributed by atoms with Crippen molar-refractivity contribution in [3.05, 3.63) is 36.3 Å². The molecule has 1 saturated heterocycles. The van der Waals surface area contributed by atoms with Gasteiger partial charge in [0.15, 0.2) is 0 Å². The molecule has 2 aromatic rings. The highest BCUT2D eigenvalue weighted by atomic mass is 19.1. The zero-order valence-corrected chi connectivity index (χ0v) is 10.0. The number of pyridine rings is 1. The molecular formula is C14H15FN2O. The molecule has 0 atom stereocenters. The molecule has 0 spiro atoms. The molecule has 1 fully saturated rings. The number of nitrogens with zero attached hydrogens (tertiary/aromatic N) is 1. The number of hydrogen-bond donors (Lipinski definition) is 1. The first-order valence-electron chi connectivity index (χ1n) is 6.25. The van der Waals surface area contributed by atoms with E-state index in [0.29, 0.717) is 11.3 Å². The summed E-state index contributed by atoms with van der Waals surface area (Å²) in [7, 11) is 0. The quantitative estimate of drug-likeness (QED) is 0.884. The van der Waals surface area contributed by atoms with Crippen LogP contribution in [-0.4, -0.2) is 24.2 Å². The number of rotatable bonds is 2. The van der Waals surface area contributed by atoms with Gasteiger partial charge in [-0.3, -0.25) is 0 Å². The van der Waals surface area contributed by atoms with E-state index in [-0.39, 0.29) is 11.9 Å². The summed E-state index contributed by atoms with van der Waals surface area (Å²) < 4.78 is 19.6. The lowest BCUT2D eigenvalue weighted by molar-refractivity contribution is 0.158. The fourth-order valence-corrected chi connectivity index (χ4v) is 2.31. The van der Waals surface area contributed by atoms with Crippen molar-refractivity contribution in [3.63, 3.8) is 0 Å². The smallest absolute Gasteiger partial charge is 0.221 e. The van der Waals surface area contributed by atoms with E-state index in [9.17, 15) is 4.39 Å². The third kappa shape index (κ3) is 2.16. The van der Waals surface area contributed by atoms with Crippen LogP contribution in [0.5, 0.6) is 5.88 Å². The van der Waals surface area contributed by atoms with Gasteiger partial charge in [0, 0.05) is 17.0 Å². The van der Waals surface area contributed by atoms with E-state index in [1.165, 1.54) is 6.07 Å². The summed E-state index contributed by atoms with van der Waals surface area (Å²) in [5, 5.41) is 4.60. The molecule has 1 aliphatic heterocycles. The van der Waals surface area contributed by atoms with Gasteiger partial charge in [-0.1, -0.05) is 6.07 Å². The number of halogens is 1. The molecule has 18 heavy (non-hydrogen) atoms. The molecule has 1 aromatic carbocycles. The van der Waals surface area contributed by atoms with Crippen LogP contribution >= 0.6 is 0 Å². The Hall–Kier alpha value is -1.68. The number of fused-ring (bicyclic) bond motifs is 1. The highest BCUT2D eigenvalue weighted by molar-refractivity contribution is 5.87. The summed E-state index contributed by atoms with van der Waals surface area (Å²) in [6.07, 6.45) is 3.70. The molecule has 1 aromatic heterocycles. The summed E-state index contributed by atoms with van der Waals surface area (Å²) in [5.74, 6) is 0.309. The van der Waals surface area contributed by atoms with E-state index in [4.69, 9.17) is 4.74 Å². The zero-order chi connectivity index (χ0) is 12.4. The van der Waals surface area contributed by atoms with E-state index in [1.54, 1.807) is 18.3 Å². The van der Waals surface area contributed by atoms with Crippen LogP contribution in [0.4, 0.5) is 4.39 Å². The van der Waals surface area contributed by atoms with Gasteiger partial charge in [-0.05, 0) is 44.1 Å². The Morgan fingerprint density at radius 2 is 2.00 bits per heavy atom. The van der Waals surface area contributed by atoms with Crippen LogP contribution in [0.1, 0.15) is 12.8 Å². The van der Waals surface area contributed by atoms with Crippen LogP contribution in [0.25, 0.3) is 10.8 Å². The normalized spacial score (nSPS) is 16.9. The number of aromatic nitrogens is 1. The minimum atomic E-state index is -0.231. The van der Waals surface area contributed by atoms with Crippen LogP contribution in [0.2, 0.25) is 0 Å². The number of benzene rings is 1. The number of hydrogen-bond acceptors (Lipinski definition) is 3. The van der Waals surface area contributed by atoms with Gasteiger partial charge in [0.1, 0.15) is 11.9 Å². The average Bonchev–Trinajstić information content (AvgIpc) is 2.41. The maximum atomic E-state index is 13.7. The molecule has 3 rings (SSSR count). The van der Waals surface area contributed by atoms with E-state index in [2.05, 4.69) is 10.3 Å². The molecule has 94 valence electrons. The van der Waals surface area contributed by atoms with Crippen molar-refractivity contribution < 1.29 is 9.13 Å². The van der Waals surface area contributed by atoms with E-state index < -0.39 is 0 Å². The van der Waals surface area contributed by atoms with Crippen molar-refractivity contribution in [1.29, 1.82) is 0 Å². The second kappa shape index (κ2) is 4.90. The Bertz CT molecular complexity index is 552. The van der Waals surface area contributed by atoms with E-state index >= 15 is 0 Å². The number of nitrogens with one attached hydrogen (secondary N) is 1. The highest BCUT2D eigenvalue weighted by Gasteiger charge is 2.16. The van der Waals surface area contributed by atoms with Crippen molar-refractivity contribution in [1.82, 2.24) is 10.3 Å². The summed E-state index contributed by atoms with van der Waals surface area (Å²) >= 11 is 0. The predicted molar refractivity (Wildman–Crippen MR) is 68.2 cm³/mol. The van der Waals surface area contributed by atoms with Crippen molar-refractivity contribution in [3.8, 4) is 5.88 Å². The van der Waals surface area contributed by atoms with Gasteiger partial charge in [0.25, 0.3) is 0 Å². The molecule has 0 bridgehead atoms. The number of piperidine rings is 1. The Labute approximate surface area is 105 Å². The molecule has 1 aliphatic rings. The van der Waals surface area contributed by atoms with Gasteiger partial charge in [-0.25, -0.2) is 9.37 Å². The third-order valence-corrected chi connectivity index (χ3v) is 3.28. The average molecular weight is 246 g/mol. The first-order chi connectivity index (χ1) is 8.84. The molecule has 4 heteroatoms. The first-order valence-corrected chi connectivity index (χ1v) is 6.25. The standard InChI is InChI=1S/C14H15FN2O/c15-13-3-1-2-12-11(13)6-9-17-14(12)18-10-4-7-16-8-5-10/h1-3,6,9-10,16H,4-5,7-8H2. The lowest BCUT2D eigenvalue weighted by Gasteiger charge is -2.23. The summed E-state index contributed by atoms with van der Waals surface area (Å²) in [6.45, 7) is 1.92. The fraction of sp³-hybridized carbons (Fsp3) is 0.357. The molecule has 0 saturated carbocycles. The first kappa shape index (κ1) is 11.4. The maximum Gasteiger partial charge on any atom is 0.221 e. The fourth-order valence-electron chi connectivity index (χ4n) is 2.31. The van der Waals surface area contributed by atoms with Gasteiger partial charge >= 0.3 is 0 Å². The van der Waals surface area contributed by atoms with Gasteiger partial charge in [0.2, 0.25) is 5.88 Å². The SMILES string of the molecule is Fc1cccc2c(OC3CCNCC3)nccc12. The van der Waals surface area contributed by atoms with Gasteiger partial charge < -0.3 is 10.1 Å². The molecule has 0 amide bonds. The summed E-state index contributed by atoms with van der Waals surface area (Å²) in [6, 6.07) is 6.67. The van der Waals surface area contributed by atoms with Gasteiger partial charge in [0.05, 0.1) is 0 Å². The Morgan fingerprint density at radius 3 is 2.83 bits per heavy atom. The third-order valence-electron chi connectivity index (χ3n) is 3.28. The largest absolute Gasteiger partial charge is 0.474 e. The Kier molecular flexibility index (Phi) is 3.11. The second-order valence-electron chi connectivity index (χ2n) is 4.52. The van der Waals surface area contributed by atoms with Crippen LogP contribution in [0.15, 0.2) is 30.5 Å². The van der Waals surface area contributed by atoms with Crippen LogP contribution in [-0.2, 0) is 0 Å². The topological polar surface area (TPSA) is 34.1 Å². The predicted octanol–water partition coefficient (Wildman–Crippen LogP) is 2.50. The van der Waals surface area contributed by atoms with Crippen molar-refractivity contribution in [2.45, 2.75) is 18.9 Å². The van der Waals surface area contributed by atoms with Crippen molar-refractivity contribution in [2.24, 2.45) is 0 Å². The van der Waals surface area contributed by atoms with Crippen molar-refractivity contribution in [2.75, 3.05) is 13.1 Å². The lowest BCUT2D eigenvalue weighted by atomic mass is 10.1. The minimum absolute atomic E-state index is 0.174. The molecule has 1 N–H and O–H groups in total. The second-order valence-corrected chi connectivity index (χ2v) is 4.52. The number of ether oxygens (including phenoxy) is 1. The molecule has 2 heterocycles. The van der Waals surface area contributed by atoms with E-state index in [1.807, 2.05) is 6.07 Å². The van der Waals surface area contributed by atoms with Crippen LogP contribution < -0.4 is 10.1 Å². The maximum absolute atomic E-state index is 13.7. The zero-order valence-electron chi connectivity index (χ0n) is 10.0. The summed E-state index contributed by atoms with van der Waals surface area (Å²) in [5.41, 5.74) is 0. The Balaban J connectivity index is 1.93. The molecule has 3 nitrogen and oxygen atoms in total. The van der Waals surface area contributed by atoms with Crippen LogP contribution in [0, 0.1) is 5.82 Å². The van der Waals surface area contributed by atoms with Gasteiger partial charge in [-0.15, -0.1) is 0 Å². The molecule has 0 unspecified atom stereocenters. The monoisotopic (exact) mass is 246 g/mol. The lowest BCUT2D eigenvalue weighted by Crippen LogP contribution is -2.34. The summed E-state index contributed by atoms with van der Waals surface area (Å²) in [4.78, 5) is 4.23. The minimum Gasteiger partial charge on any atom is -0.474 e. The van der Waals surface area contributed by atoms with E-state index in [0.717, 1.165) is 31.3 Å². The van der Waals surface area contributed by atoms with Gasteiger partial charge in [-0.2, -0.15) is 0 Å². The van der Waals surface area contributed by atoms with Crippen LogP contribution in [0.3, 0.4) is 0 Å².